The number of allylic oxidation sites excluding steroid dienone is 3. The van der Waals surface area contributed by atoms with E-state index in [0.29, 0.717) is 36.7 Å². The molecule has 0 spiro atoms. The molecule has 0 heterocycles. The van der Waals surface area contributed by atoms with E-state index in [0.717, 1.165) is 75.7 Å². The molecule has 0 saturated heterocycles. The summed E-state index contributed by atoms with van der Waals surface area (Å²) >= 11 is 0. The van der Waals surface area contributed by atoms with Crippen LogP contribution in [-0.4, -0.2) is 22.8 Å². The highest BCUT2D eigenvalue weighted by Crippen LogP contribution is 2.40. The molecule has 0 fully saturated rings. The molecule has 6 rings (SSSR count). The zero-order valence-corrected chi connectivity index (χ0v) is 38.8. The molecule has 1 aliphatic rings. The Labute approximate surface area is 375 Å². The van der Waals surface area contributed by atoms with Crippen molar-refractivity contribution in [3.63, 3.8) is 0 Å². The first-order chi connectivity index (χ1) is 29.9. The number of nitrogens with one attached hydrogen (secondary N) is 4. The number of carbonyl (C=O) groups excluding carboxylic acids is 1. The molecular weight excluding hydrogens is 781 g/mol. The second-order valence-corrected chi connectivity index (χ2v) is 19.8. The Morgan fingerprint density at radius 2 is 1.24 bits per heavy atom. The van der Waals surface area contributed by atoms with Gasteiger partial charge in [0.15, 0.2) is 0 Å². The van der Waals surface area contributed by atoms with Crippen molar-refractivity contribution in [1.82, 2.24) is 0 Å². The minimum Gasteiger partial charge on any atom is -0.507 e. The Kier molecular flexibility index (Phi) is 14.7. The topological polar surface area (TPSA) is 115 Å². The minimum atomic E-state index is -0.528. The lowest BCUT2D eigenvalue weighted by atomic mass is 9.75. The third-order valence-electron chi connectivity index (χ3n) is 11.8. The molecule has 6 N–H and O–H groups in total. The summed E-state index contributed by atoms with van der Waals surface area (Å²) in [6.45, 7) is 20.4. The molecule has 8 nitrogen and oxygen atoms in total. The number of esters is 1. The molecule has 0 radical (unpaired) electrons. The summed E-state index contributed by atoms with van der Waals surface area (Å²) in [5.74, 6) is 0.292. The number of phenols is 2. The highest BCUT2D eigenvalue weighted by molar-refractivity contribution is 5.93. The second-order valence-electron chi connectivity index (χ2n) is 19.8. The summed E-state index contributed by atoms with van der Waals surface area (Å²) in [5, 5.41) is 36.8. The maximum atomic E-state index is 13.6. The van der Waals surface area contributed by atoms with Crippen molar-refractivity contribution in [2.45, 2.75) is 117 Å². The molecule has 1 unspecified atom stereocenters. The SMILES string of the molecule is CC1C=C(Nc2ccc(NCc3cc(C(C)(C)CCCCOC(=O)c4cc(CNc5ccc(Nc6ccccc6)cc5)cc(C(C)(C)C)c4O)cc(C(C)(C)C)c3O)cc2)C=CC1. The molecule has 0 aliphatic heterocycles. The van der Waals surface area contributed by atoms with Crippen molar-refractivity contribution < 1.29 is 19.7 Å². The van der Waals surface area contributed by atoms with Gasteiger partial charge >= 0.3 is 5.97 Å². The highest BCUT2D eigenvalue weighted by atomic mass is 16.5. The summed E-state index contributed by atoms with van der Waals surface area (Å²) < 4.78 is 5.82. The lowest BCUT2D eigenvalue weighted by molar-refractivity contribution is 0.0492. The molecule has 332 valence electrons. The van der Waals surface area contributed by atoms with E-state index in [9.17, 15) is 15.0 Å². The fourth-order valence-corrected chi connectivity index (χ4v) is 7.89. The van der Waals surface area contributed by atoms with Crippen LogP contribution in [0.5, 0.6) is 11.5 Å². The van der Waals surface area contributed by atoms with E-state index in [4.69, 9.17) is 4.74 Å². The Balaban J connectivity index is 1.05. The van der Waals surface area contributed by atoms with Crippen LogP contribution < -0.4 is 21.3 Å². The van der Waals surface area contributed by atoms with Crippen molar-refractivity contribution >= 4 is 34.4 Å². The number of hydrogen-bond donors (Lipinski definition) is 6. The maximum absolute atomic E-state index is 13.6. The number of benzene rings is 5. The van der Waals surface area contributed by atoms with E-state index in [-0.39, 0.29) is 28.7 Å². The number of anilines is 5. The molecule has 0 saturated carbocycles. The summed E-state index contributed by atoms with van der Waals surface area (Å²) in [6.07, 6.45) is 10.0. The van der Waals surface area contributed by atoms with Gasteiger partial charge in [-0.3, -0.25) is 0 Å². The van der Waals surface area contributed by atoms with Crippen LogP contribution in [0.1, 0.15) is 126 Å². The van der Waals surface area contributed by atoms with Crippen molar-refractivity contribution in [3.8, 4) is 11.5 Å². The Morgan fingerprint density at radius 3 is 1.86 bits per heavy atom. The van der Waals surface area contributed by atoms with Gasteiger partial charge in [0.05, 0.1) is 6.61 Å². The van der Waals surface area contributed by atoms with Gasteiger partial charge in [-0.2, -0.15) is 0 Å². The van der Waals surface area contributed by atoms with Crippen LogP contribution >= 0.6 is 0 Å². The number of ether oxygens (including phenoxy) is 1. The van der Waals surface area contributed by atoms with Gasteiger partial charge in [0.25, 0.3) is 0 Å². The fraction of sp³-hybridized carbons (Fsp3) is 0.364. The summed E-state index contributed by atoms with van der Waals surface area (Å²) in [5.41, 5.74) is 9.89. The van der Waals surface area contributed by atoms with Gasteiger partial charge in [-0.25, -0.2) is 4.79 Å². The monoisotopic (exact) mass is 849 g/mol. The molecule has 63 heavy (non-hydrogen) atoms. The van der Waals surface area contributed by atoms with Crippen LogP contribution in [0.4, 0.5) is 28.4 Å². The Morgan fingerprint density at radius 1 is 0.667 bits per heavy atom. The van der Waals surface area contributed by atoms with Gasteiger partial charge < -0.3 is 36.2 Å². The molecule has 5 aromatic carbocycles. The van der Waals surface area contributed by atoms with E-state index in [1.54, 1.807) is 6.07 Å². The van der Waals surface area contributed by atoms with Crippen molar-refractivity contribution in [2.75, 3.05) is 27.9 Å². The second kappa shape index (κ2) is 19.9. The fourth-order valence-electron chi connectivity index (χ4n) is 7.89. The third kappa shape index (κ3) is 12.7. The third-order valence-corrected chi connectivity index (χ3v) is 11.8. The van der Waals surface area contributed by atoms with Crippen molar-refractivity contribution in [2.24, 2.45) is 5.92 Å². The zero-order chi connectivity index (χ0) is 45.4. The Hall–Kier alpha value is -6.15. The molecule has 5 aromatic rings. The predicted molar refractivity (Wildman–Crippen MR) is 263 cm³/mol. The highest BCUT2D eigenvalue weighted by Gasteiger charge is 2.28. The summed E-state index contributed by atoms with van der Waals surface area (Å²) in [7, 11) is 0. The van der Waals surface area contributed by atoms with E-state index in [1.807, 2.05) is 81.4 Å². The van der Waals surface area contributed by atoms with Crippen LogP contribution in [0.25, 0.3) is 0 Å². The normalized spacial score (nSPS) is 14.2. The van der Waals surface area contributed by atoms with E-state index in [2.05, 4.69) is 117 Å². The first kappa shape index (κ1) is 46.4. The van der Waals surface area contributed by atoms with E-state index in [1.165, 1.54) is 0 Å². The lowest BCUT2D eigenvalue weighted by Gasteiger charge is -2.30. The smallest absolute Gasteiger partial charge is 0.341 e. The van der Waals surface area contributed by atoms with E-state index < -0.39 is 11.4 Å². The first-order valence-corrected chi connectivity index (χ1v) is 22.4. The molecule has 0 aromatic heterocycles. The Bertz CT molecular complexity index is 2390. The van der Waals surface area contributed by atoms with Gasteiger partial charge in [0.2, 0.25) is 0 Å². The molecule has 1 aliphatic carbocycles. The number of para-hydroxylation sites is 1. The van der Waals surface area contributed by atoms with Crippen molar-refractivity contribution in [3.05, 3.63) is 160 Å². The number of hydrogen-bond acceptors (Lipinski definition) is 8. The number of phenolic OH excluding ortho intramolecular Hbond substituents is 2. The predicted octanol–water partition coefficient (Wildman–Crippen LogP) is 13.9. The minimum absolute atomic E-state index is 0.0325. The number of carbonyl (C=O) groups is 1. The average Bonchev–Trinajstić information content (AvgIpc) is 3.23. The van der Waals surface area contributed by atoms with Crippen LogP contribution in [0.2, 0.25) is 0 Å². The van der Waals surface area contributed by atoms with Crippen molar-refractivity contribution in [1.29, 1.82) is 0 Å². The lowest BCUT2D eigenvalue weighted by Crippen LogP contribution is -2.21. The summed E-state index contributed by atoms with van der Waals surface area (Å²) in [6, 6.07) is 34.4. The van der Waals surface area contributed by atoms with Crippen LogP contribution in [0.15, 0.2) is 127 Å². The summed E-state index contributed by atoms with van der Waals surface area (Å²) in [4.78, 5) is 13.6. The van der Waals surface area contributed by atoms with Gasteiger partial charge in [0.1, 0.15) is 17.1 Å². The molecule has 1 atom stereocenters. The number of aromatic hydroxyl groups is 2. The molecule has 0 amide bonds. The maximum Gasteiger partial charge on any atom is 0.341 e. The molecule has 0 bridgehead atoms. The quantitative estimate of drug-likeness (QED) is 0.0405. The average molecular weight is 849 g/mol. The van der Waals surface area contributed by atoms with Gasteiger partial charge in [0, 0.05) is 58.4 Å². The van der Waals surface area contributed by atoms with Crippen LogP contribution in [0, 0.1) is 5.92 Å². The zero-order valence-electron chi connectivity index (χ0n) is 38.8. The van der Waals surface area contributed by atoms with E-state index >= 15 is 0 Å². The van der Waals surface area contributed by atoms with Gasteiger partial charge in [-0.05, 0) is 149 Å². The van der Waals surface area contributed by atoms with Crippen LogP contribution in [-0.2, 0) is 34.1 Å². The standard InChI is InChI=1S/C55H68N4O4/c1-37-16-15-19-46(30-37)59-45-26-22-42(23-27-45)57-36-39-33-40(34-49(50(39)60)54(5,6)7)55(8,9)28-13-14-29-63-52(62)47-31-38(32-48(51(47)61)53(2,3)4)35-56-41-20-24-44(25-21-41)58-43-17-11-10-12-18-43/h10-12,15,17-27,30-34,37,56-61H,13-14,16,28-29,35-36H2,1-9H3. The van der Waals surface area contributed by atoms with Gasteiger partial charge in [-0.1, -0.05) is 98.7 Å². The largest absolute Gasteiger partial charge is 0.507 e. The molecular formula is C55H68N4O4. The molecule has 8 heteroatoms. The number of rotatable bonds is 17. The van der Waals surface area contributed by atoms with Crippen LogP contribution in [0.3, 0.4) is 0 Å². The number of unbranched alkanes of at least 4 members (excludes halogenated alkanes) is 1. The first-order valence-electron chi connectivity index (χ1n) is 22.4. The van der Waals surface area contributed by atoms with Gasteiger partial charge in [-0.15, -0.1) is 0 Å².